The molecule has 0 spiro atoms. The molecule has 0 amide bonds. The molecule has 0 unspecified atom stereocenters. The van der Waals surface area contributed by atoms with Gasteiger partial charge in [-0.15, -0.1) is 10.3 Å². The minimum Gasteiger partial charge on any atom is -0.383 e. The zero-order chi connectivity index (χ0) is 8.81. The third-order valence-electron chi connectivity index (χ3n) is 1.18. The van der Waals surface area contributed by atoms with E-state index in [0.717, 1.165) is 0 Å². The Morgan fingerprint density at radius 1 is 1.83 bits per heavy atom. The Labute approximate surface area is 69.8 Å². The highest BCUT2D eigenvalue weighted by molar-refractivity contribution is 5.71. The van der Waals surface area contributed by atoms with Crippen LogP contribution in [-0.2, 0) is 4.74 Å². The van der Waals surface area contributed by atoms with Gasteiger partial charge in [-0.3, -0.25) is 0 Å². The topological polar surface area (TPSA) is 48.9 Å². The Balaban J connectivity index is 2.18. The summed E-state index contributed by atoms with van der Waals surface area (Å²) in [6, 6.07) is 0. The summed E-state index contributed by atoms with van der Waals surface area (Å²) in [6.45, 7) is 1.10. The van der Waals surface area contributed by atoms with E-state index in [-0.39, 0.29) is 0 Å². The van der Waals surface area contributed by atoms with Gasteiger partial charge in [0.25, 0.3) is 0 Å². The fraction of sp³-hybridized carbons (Fsp3) is 0.500. The largest absolute Gasteiger partial charge is 0.383 e. The van der Waals surface area contributed by atoms with E-state index in [0.29, 0.717) is 13.2 Å². The molecule has 68 valence electrons. The number of allylic oxidation sites excluding steroid dienone is 1. The van der Waals surface area contributed by atoms with Gasteiger partial charge in [0, 0.05) is 19.7 Å². The van der Waals surface area contributed by atoms with E-state index in [9.17, 15) is 4.39 Å². The Morgan fingerprint density at radius 2 is 2.67 bits per heavy atom. The lowest BCUT2D eigenvalue weighted by Gasteiger charge is -2.21. The zero-order valence-electron chi connectivity index (χ0n) is 6.75. The van der Waals surface area contributed by atoms with E-state index in [1.165, 1.54) is 17.5 Å². The van der Waals surface area contributed by atoms with Crippen molar-refractivity contribution in [1.29, 1.82) is 0 Å². The predicted octanol–water partition coefficient (Wildman–Crippen LogP) is -0.246. The van der Waals surface area contributed by atoms with Gasteiger partial charge in [0.2, 0.25) is 5.95 Å². The van der Waals surface area contributed by atoms with Crippen molar-refractivity contribution in [2.45, 2.75) is 0 Å². The van der Waals surface area contributed by atoms with Crippen LogP contribution in [0.15, 0.2) is 17.1 Å². The summed E-state index contributed by atoms with van der Waals surface area (Å²) in [5, 5.41) is 4.95. The third kappa shape index (κ3) is 2.85. The van der Waals surface area contributed by atoms with Gasteiger partial charge in [-0.25, -0.2) is 5.43 Å². The molecule has 2 N–H and O–H groups in total. The number of nitrogens with one attached hydrogen (secondary N) is 2. The molecule has 12 heavy (non-hydrogen) atoms. The van der Waals surface area contributed by atoms with Gasteiger partial charge in [-0.05, 0) is 0 Å². The highest BCUT2D eigenvalue weighted by Gasteiger charge is 2.04. The molecule has 0 aromatic heterocycles. The average molecular weight is 174 g/mol. The average Bonchev–Trinajstić information content (AvgIpc) is 2.05. The van der Waals surface area contributed by atoms with Crippen molar-refractivity contribution < 1.29 is 9.13 Å². The molecule has 6 heteroatoms. The molecular weight excluding hydrogens is 163 g/mol. The minimum absolute atomic E-state index is 0.449. The van der Waals surface area contributed by atoms with Crippen molar-refractivity contribution in [3.63, 3.8) is 0 Å². The molecular formula is C6H11FN4O. The summed E-state index contributed by atoms with van der Waals surface area (Å²) < 4.78 is 17.3. The Morgan fingerprint density at radius 3 is 3.33 bits per heavy atom. The van der Waals surface area contributed by atoms with Crippen molar-refractivity contribution in [2.75, 3.05) is 20.3 Å². The lowest BCUT2D eigenvalue weighted by atomic mass is 10.6. The molecule has 0 aromatic carbocycles. The molecule has 0 aromatic rings. The smallest absolute Gasteiger partial charge is 0.209 e. The van der Waals surface area contributed by atoms with Crippen molar-refractivity contribution in [2.24, 2.45) is 5.10 Å². The zero-order valence-corrected chi connectivity index (χ0v) is 6.75. The van der Waals surface area contributed by atoms with E-state index in [2.05, 4.69) is 16.0 Å². The predicted molar refractivity (Wildman–Crippen MR) is 42.5 cm³/mol. The van der Waals surface area contributed by atoms with Crippen LogP contribution in [0.2, 0.25) is 0 Å². The first-order chi connectivity index (χ1) is 5.83. The number of ether oxygens (including phenoxy) is 1. The summed E-state index contributed by atoms with van der Waals surface area (Å²) in [5.74, 6) is -0.449. The first-order valence-electron chi connectivity index (χ1n) is 3.52. The summed E-state index contributed by atoms with van der Waals surface area (Å²) in [5.41, 5.74) is 5.11. The SMILES string of the molecule is COCCNN1N=CC=C(F)N1. The van der Waals surface area contributed by atoms with Crippen LogP contribution in [0.5, 0.6) is 0 Å². The monoisotopic (exact) mass is 174 g/mol. The number of nitrogens with zero attached hydrogens (tertiary/aromatic N) is 2. The van der Waals surface area contributed by atoms with Crippen LogP contribution in [0.1, 0.15) is 0 Å². The lowest BCUT2D eigenvalue weighted by molar-refractivity contribution is 0.0970. The molecule has 0 atom stereocenters. The first-order valence-corrected chi connectivity index (χ1v) is 3.52. The second kappa shape index (κ2) is 4.68. The standard InChI is InChI=1S/C6H11FN4O/c1-12-5-4-9-11-8-3-2-6(7)10-11/h2-3,9-10H,4-5H2,1H3. The quantitative estimate of drug-likeness (QED) is 0.456. The van der Waals surface area contributed by atoms with Crippen molar-refractivity contribution in [3.8, 4) is 0 Å². The van der Waals surface area contributed by atoms with Crippen LogP contribution in [0, 0.1) is 0 Å². The summed E-state index contributed by atoms with van der Waals surface area (Å²) in [4.78, 5) is 0. The van der Waals surface area contributed by atoms with Gasteiger partial charge in [0.15, 0.2) is 0 Å². The van der Waals surface area contributed by atoms with Gasteiger partial charge in [0.1, 0.15) is 0 Å². The maximum atomic E-state index is 12.5. The van der Waals surface area contributed by atoms with Crippen LogP contribution in [-0.4, -0.2) is 31.7 Å². The molecule has 0 fully saturated rings. The molecule has 0 aliphatic carbocycles. The van der Waals surface area contributed by atoms with Gasteiger partial charge in [-0.1, -0.05) is 0 Å². The summed E-state index contributed by atoms with van der Waals surface area (Å²) >= 11 is 0. The van der Waals surface area contributed by atoms with E-state index in [4.69, 9.17) is 4.74 Å². The van der Waals surface area contributed by atoms with E-state index < -0.39 is 5.95 Å². The van der Waals surface area contributed by atoms with Gasteiger partial charge in [-0.2, -0.15) is 9.82 Å². The highest BCUT2D eigenvalue weighted by Crippen LogP contribution is 1.95. The minimum atomic E-state index is -0.449. The maximum absolute atomic E-state index is 12.5. The van der Waals surface area contributed by atoms with E-state index in [1.54, 1.807) is 7.11 Å². The Bertz CT molecular complexity index is 194. The van der Waals surface area contributed by atoms with Gasteiger partial charge < -0.3 is 4.74 Å². The molecule has 0 saturated heterocycles. The number of hydrazone groups is 1. The normalized spacial score (nSPS) is 15.8. The van der Waals surface area contributed by atoms with E-state index in [1.807, 2.05) is 0 Å². The molecule has 0 radical (unpaired) electrons. The number of hydrazine groups is 2. The van der Waals surface area contributed by atoms with Crippen LogP contribution in [0.25, 0.3) is 0 Å². The van der Waals surface area contributed by atoms with Crippen LogP contribution < -0.4 is 10.9 Å². The number of hydrogen-bond donors (Lipinski definition) is 2. The first kappa shape index (κ1) is 8.95. The van der Waals surface area contributed by atoms with Crippen molar-refractivity contribution >= 4 is 6.21 Å². The van der Waals surface area contributed by atoms with Gasteiger partial charge in [0.05, 0.1) is 12.8 Å². The molecule has 0 saturated carbocycles. The number of hydrogen-bond acceptors (Lipinski definition) is 5. The number of rotatable bonds is 4. The second-order valence-corrected chi connectivity index (χ2v) is 2.10. The number of halogens is 1. The maximum Gasteiger partial charge on any atom is 0.209 e. The fourth-order valence-corrected chi connectivity index (χ4v) is 0.667. The van der Waals surface area contributed by atoms with Crippen LogP contribution >= 0.6 is 0 Å². The number of methoxy groups -OCH3 is 1. The van der Waals surface area contributed by atoms with Crippen molar-refractivity contribution in [3.05, 3.63) is 12.0 Å². The Kier molecular flexibility index (Phi) is 3.49. The molecule has 1 aliphatic rings. The summed E-state index contributed by atoms with van der Waals surface area (Å²) in [7, 11) is 1.59. The fourth-order valence-electron chi connectivity index (χ4n) is 0.667. The molecule has 1 rings (SSSR count). The Hall–Kier alpha value is -1.14. The van der Waals surface area contributed by atoms with Crippen molar-refractivity contribution in [1.82, 2.24) is 16.1 Å². The van der Waals surface area contributed by atoms with Crippen LogP contribution in [0.4, 0.5) is 4.39 Å². The van der Waals surface area contributed by atoms with E-state index >= 15 is 0 Å². The van der Waals surface area contributed by atoms with Crippen LogP contribution in [0.3, 0.4) is 0 Å². The summed E-state index contributed by atoms with van der Waals surface area (Å²) in [6.07, 6.45) is 2.58. The van der Waals surface area contributed by atoms with Gasteiger partial charge >= 0.3 is 0 Å². The highest BCUT2D eigenvalue weighted by atomic mass is 19.1. The third-order valence-corrected chi connectivity index (χ3v) is 1.18. The molecule has 1 aliphatic heterocycles. The molecule has 1 heterocycles. The molecule has 0 bridgehead atoms. The lowest BCUT2D eigenvalue weighted by Crippen LogP contribution is -2.45. The molecule has 5 nitrogen and oxygen atoms in total. The second-order valence-electron chi connectivity index (χ2n) is 2.10.